The van der Waals surface area contributed by atoms with Crippen LogP contribution in [-0.4, -0.2) is 36.9 Å². The van der Waals surface area contributed by atoms with E-state index in [9.17, 15) is 4.79 Å². The number of esters is 1. The highest BCUT2D eigenvalue weighted by atomic mass is 16.5. The summed E-state index contributed by atoms with van der Waals surface area (Å²) in [6.45, 7) is 6.82. The number of hydrogen-bond donors (Lipinski definition) is 1. The van der Waals surface area contributed by atoms with Crippen molar-refractivity contribution in [2.75, 3.05) is 6.61 Å². The Balaban J connectivity index is 1.71. The summed E-state index contributed by atoms with van der Waals surface area (Å²) >= 11 is 0. The monoisotopic (exact) mass is 281 g/mol. The molecule has 2 saturated heterocycles. The van der Waals surface area contributed by atoms with Crippen molar-refractivity contribution < 1.29 is 14.3 Å². The van der Waals surface area contributed by atoms with Crippen molar-refractivity contribution in [2.45, 2.75) is 70.7 Å². The quantitative estimate of drug-likeness (QED) is 0.788. The normalized spacial score (nSPS) is 47.5. The molecule has 1 saturated carbocycles. The molecule has 7 atom stereocenters. The zero-order valence-corrected chi connectivity index (χ0v) is 12.8. The van der Waals surface area contributed by atoms with Crippen molar-refractivity contribution >= 4 is 5.97 Å². The molecule has 0 aromatic heterocycles. The first-order valence-electron chi connectivity index (χ1n) is 8.18. The van der Waals surface area contributed by atoms with E-state index in [1.807, 2.05) is 6.92 Å². The van der Waals surface area contributed by atoms with Gasteiger partial charge in [0.1, 0.15) is 0 Å². The molecule has 0 radical (unpaired) electrons. The lowest BCUT2D eigenvalue weighted by Gasteiger charge is -2.47. The Bertz CT molecular complexity index is 373. The Kier molecular flexibility index (Phi) is 4.04. The highest BCUT2D eigenvalue weighted by molar-refractivity contribution is 5.72. The van der Waals surface area contributed by atoms with E-state index in [4.69, 9.17) is 9.47 Å². The fourth-order valence-electron chi connectivity index (χ4n) is 4.56. The van der Waals surface area contributed by atoms with Gasteiger partial charge in [-0.2, -0.15) is 0 Å². The predicted octanol–water partition coefficient (Wildman–Crippen LogP) is 2.12. The average Bonchev–Trinajstić information content (AvgIpc) is 2.81. The molecule has 2 heterocycles. The summed E-state index contributed by atoms with van der Waals surface area (Å²) in [4.78, 5) is 12.0. The zero-order valence-electron chi connectivity index (χ0n) is 12.8. The molecule has 20 heavy (non-hydrogen) atoms. The van der Waals surface area contributed by atoms with Crippen molar-refractivity contribution in [2.24, 2.45) is 17.8 Å². The third kappa shape index (κ3) is 2.48. The zero-order chi connectivity index (χ0) is 14.3. The number of ether oxygens (including phenoxy) is 2. The van der Waals surface area contributed by atoms with Gasteiger partial charge in [-0.25, -0.2) is 0 Å². The third-order valence-electron chi connectivity index (χ3n) is 5.48. The minimum atomic E-state index is -0.00725. The molecule has 2 aliphatic heterocycles. The molecule has 1 aliphatic carbocycles. The van der Waals surface area contributed by atoms with Crippen LogP contribution in [0.15, 0.2) is 0 Å². The largest absolute Gasteiger partial charge is 0.466 e. The maximum Gasteiger partial charge on any atom is 0.308 e. The maximum absolute atomic E-state index is 12.0. The number of carbonyl (C=O) groups excluding carboxylic acids is 1. The number of fused-ring (bicyclic) bond motifs is 3. The molecule has 3 aliphatic rings. The predicted molar refractivity (Wildman–Crippen MR) is 76.3 cm³/mol. The van der Waals surface area contributed by atoms with Crippen molar-refractivity contribution in [1.82, 2.24) is 5.32 Å². The fraction of sp³-hybridized carbons (Fsp3) is 0.938. The molecule has 7 unspecified atom stereocenters. The number of hydrogen-bond acceptors (Lipinski definition) is 4. The SMILES string of the molecule is CCOC(=O)C1CCC2NC(C)C3CC(C)OC3C2C1. The standard InChI is InChI=1S/C16H27NO3/c1-4-19-16(18)11-5-6-14-13(8-11)15-12(10(3)17-14)7-9(2)20-15/h9-15,17H,4-8H2,1-3H3. The summed E-state index contributed by atoms with van der Waals surface area (Å²) in [7, 11) is 0. The second-order valence-corrected chi connectivity index (χ2v) is 6.80. The molecule has 3 rings (SSSR count). The number of piperidine rings is 1. The van der Waals surface area contributed by atoms with Gasteiger partial charge in [-0.05, 0) is 46.5 Å². The lowest BCUT2D eigenvalue weighted by Crippen LogP contribution is -2.59. The van der Waals surface area contributed by atoms with Crippen LogP contribution in [0, 0.1) is 17.8 Å². The van der Waals surface area contributed by atoms with Gasteiger partial charge in [-0.3, -0.25) is 4.79 Å². The molecule has 0 aromatic rings. The van der Waals surface area contributed by atoms with Crippen molar-refractivity contribution in [3.05, 3.63) is 0 Å². The van der Waals surface area contributed by atoms with E-state index in [1.165, 1.54) is 0 Å². The van der Waals surface area contributed by atoms with E-state index in [0.29, 0.717) is 42.7 Å². The van der Waals surface area contributed by atoms with Gasteiger partial charge in [0.25, 0.3) is 0 Å². The van der Waals surface area contributed by atoms with Crippen LogP contribution in [0.4, 0.5) is 0 Å². The van der Waals surface area contributed by atoms with Gasteiger partial charge in [0, 0.05) is 23.9 Å². The molecular formula is C16H27NO3. The van der Waals surface area contributed by atoms with Crippen LogP contribution in [0.1, 0.15) is 46.5 Å². The molecule has 114 valence electrons. The molecule has 0 spiro atoms. The van der Waals surface area contributed by atoms with Gasteiger partial charge >= 0.3 is 5.97 Å². The van der Waals surface area contributed by atoms with Gasteiger partial charge in [-0.1, -0.05) is 0 Å². The summed E-state index contributed by atoms with van der Waals surface area (Å²) in [5, 5.41) is 3.77. The van der Waals surface area contributed by atoms with Crippen LogP contribution >= 0.6 is 0 Å². The molecule has 0 amide bonds. The van der Waals surface area contributed by atoms with Crippen molar-refractivity contribution in [1.29, 1.82) is 0 Å². The smallest absolute Gasteiger partial charge is 0.308 e. The highest BCUT2D eigenvalue weighted by Crippen LogP contribution is 2.44. The molecule has 4 heteroatoms. The van der Waals surface area contributed by atoms with Crippen molar-refractivity contribution in [3.63, 3.8) is 0 Å². The van der Waals surface area contributed by atoms with Crippen molar-refractivity contribution in [3.8, 4) is 0 Å². The van der Waals surface area contributed by atoms with Gasteiger partial charge in [0.05, 0.1) is 24.7 Å². The summed E-state index contributed by atoms with van der Waals surface area (Å²) < 4.78 is 11.4. The number of carbonyl (C=O) groups is 1. The molecule has 3 fully saturated rings. The fourth-order valence-corrected chi connectivity index (χ4v) is 4.56. The van der Waals surface area contributed by atoms with Crippen LogP contribution in [-0.2, 0) is 14.3 Å². The molecule has 0 aromatic carbocycles. The summed E-state index contributed by atoms with van der Waals surface area (Å²) in [5.74, 6) is 1.15. The van der Waals surface area contributed by atoms with Crippen LogP contribution in [0.5, 0.6) is 0 Å². The van der Waals surface area contributed by atoms with E-state index in [-0.39, 0.29) is 11.9 Å². The summed E-state index contributed by atoms with van der Waals surface area (Å²) in [5.41, 5.74) is 0. The Hall–Kier alpha value is -0.610. The summed E-state index contributed by atoms with van der Waals surface area (Å²) in [6, 6.07) is 1.05. The third-order valence-corrected chi connectivity index (χ3v) is 5.48. The number of nitrogens with one attached hydrogen (secondary N) is 1. The highest BCUT2D eigenvalue weighted by Gasteiger charge is 2.50. The van der Waals surface area contributed by atoms with Crippen LogP contribution < -0.4 is 5.32 Å². The first-order valence-corrected chi connectivity index (χ1v) is 8.18. The maximum atomic E-state index is 12.0. The van der Waals surface area contributed by atoms with Gasteiger partial charge in [0.2, 0.25) is 0 Å². The first kappa shape index (κ1) is 14.3. The van der Waals surface area contributed by atoms with Gasteiger partial charge in [0.15, 0.2) is 0 Å². The second kappa shape index (κ2) is 5.64. The van der Waals surface area contributed by atoms with E-state index in [1.54, 1.807) is 0 Å². The minimum Gasteiger partial charge on any atom is -0.466 e. The van der Waals surface area contributed by atoms with Gasteiger partial charge in [-0.15, -0.1) is 0 Å². The molecular weight excluding hydrogens is 254 g/mol. The number of rotatable bonds is 2. The Morgan fingerprint density at radius 1 is 1.25 bits per heavy atom. The first-order chi connectivity index (χ1) is 9.60. The average molecular weight is 281 g/mol. The Morgan fingerprint density at radius 2 is 2.05 bits per heavy atom. The Labute approximate surface area is 121 Å². The Morgan fingerprint density at radius 3 is 2.80 bits per heavy atom. The van der Waals surface area contributed by atoms with E-state index in [2.05, 4.69) is 19.2 Å². The topological polar surface area (TPSA) is 47.6 Å². The van der Waals surface area contributed by atoms with Crippen LogP contribution in [0.3, 0.4) is 0 Å². The molecule has 1 N–H and O–H groups in total. The van der Waals surface area contributed by atoms with Gasteiger partial charge < -0.3 is 14.8 Å². The van der Waals surface area contributed by atoms with E-state index in [0.717, 1.165) is 25.7 Å². The summed E-state index contributed by atoms with van der Waals surface area (Å²) in [6.07, 6.45) is 4.79. The minimum absolute atomic E-state index is 0.00725. The lowest BCUT2D eigenvalue weighted by molar-refractivity contribution is -0.151. The van der Waals surface area contributed by atoms with Crippen LogP contribution in [0.25, 0.3) is 0 Å². The molecule has 4 nitrogen and oxygen atoms in total. The second-order valence-electron chi connectivity index (χ2n) is 6.80. The van der Waals surface area contributed by atoms with E-state index >= 15 is 0 Å². The van der Waals surface area contributed by atoms with Crippen LogP contribution in [0.2, 0.25) is 0 Å². The molecule has 0 bridgehead atoms. The lowest BCUT2D eigenvalue weighted by atomic mass is 9.68. The van der Waals surface area contributed by atoms with E-state index < -0.39 is 0 Å².